The zero-order chi connectivity index (χ0) is 17.8. The molecule has 0 saturated carbocycles. The van der Waals surface area contributed by atoms with E-state index in [9.17, 15) is 0 Å². The lowest BCUT2D eigenvalue weighted by Crippen LogP contribution is -1.97. The summed E-state index contributed by atoms with van der Waals surface area (Å²) in [6, 6.07) is 25.6. The quantitative estimate of drug-likeness (QED) is 0.434. The molecule has 0 fully saturated rings. The van der Waals surface area contributed by atoms with Gasteiger partial charge >= 0.3 is 0 Å². The Balaban J connectivity index is 2.32. The smallest absolute Gasteiger partial charge is 0.0412 e. The fourth-order valence-corrected chi connectivity index (χ4v) is 3.46. The summed E-state index contributed by atoms with van der Waals surface area (Å²) in [4.78, 5) is 0. The Kier molecular flexibility index (Phi) is 5.40. The molecule has 0 spiro atoms. The van der Waals surface area contributed by atoms with Gasteiger partial charge in [-0.05, 0) is 65.8 Å². The normalized spacial score (nSPS) is 12.0. The van der Waals surface area contributed by atoms with Gasteiger partial charge in [0.2, 0.25) is 0 Å². The van der Waals surface area contributed by atoms with E-state index in [0.29, 0.717) is 0 Å². The average molecular weight is 347 g/mol. The third-order valence-corrected chi connectivity index (χ3v) is 4.82. The number of allylic oxidation sites excluding steroid dienone is 1. The summed E-state index contributed by atoms with van der Waals surface area (Å²) >= 11 is 6.27. The lowest BCUT2D eigenvalue weighted by Gasteiger charge is -2.18. The molecule has 0 aromatic heterocycles. The maximum absolute atomic E-state index is 6.27. The second-order valence-corrected chi connectivity index (χ2v) is 6.83. The van der Waals surface area contributed by atoms with E-state index in [1.54, 1.807) is 0 Å². The van der Waals surface area contributed by atoms with Crippen LogP contribution >= 0.6 is 11.6 Å². The minimum atomic E-state index is 0.775. The van der Waals surface area contributed by atoms with Crippen LogP contribution in [0.25, 0.3) is 11.1 Å². The van der Waals surface area contributed by atoms with E-state index in [2.05, 4.69) is 81.4 Å². The highest BCUT2D eigenvalue weighted by molar-refractivity contribution is 6.30. The van der Waals surface area contributed by atoms with Crippen molar-refractivity contribution < 1.29 is 0 Å². The minimum Gasteiger partial charge on any atom is -0.0843 e. The van der Waals surface area contributed by atoms with Crippen LogP contribution in [0, 0.1) is 13.8 Å². The molecular weight excluding hydrogens is 324 g/mol. The first-order valence-electron chi connectivity index (χ1n) is 8.72. The maximum Gasteiger partial charge on any atom is 0.0412 e. The molecule has 126 valence electrons. The first-order chi connectivity index (χ1) is 12.1. The Hall–Kier alpha value is -2.31. The highest BCUT2D eigenvalue weighted by Crippen LogP contribution is 2.36. The summed E-state index contributed by atoms with van der Waals surface area (Å²) in [6.45, 7) is 6.51. The molecule has 0 nitrogen and oxygen atoms in total. The van der Waals surface area contributed by atoms with Crippen LogP contribution in [-0.4, -0.2) is 0 Å². The van der Waals surface area contributed by atoms with Crippen LogP contribution in [0.15, 0.2) is 72.8 Å². The number of hydrogen-bond acceptors (Lipinski definition) is 0. The van der Waals surface area contributed by atoms with Crippen molar-refractivity contribution >= 4 is 22.7 Å². The van der Waals surface area contributed by atoms with Gasteiger partial charge in [-0.1, -0.05) is 84.8 Å². The zero-order valence-electron chi connectivity index (χ0n) is 15.0. The molecule has 25 heavy (non-hydrogen) atoms. The Morgan fingerprint density at radius 1 is 0.800 bits per heavy atom. The van der Waals surface area contributed by atoms with Crippen molar-refractivity contribution in [2.75, 3.05) is 0 Å². The fourth-order valence-electron chi connectivity index (χ4n) is 3.27. The Labute approximate surface area is 155 Å². The standard InChI is InChI=1S/C24H23Cl/c1-4-22(20-9-7-10-21(25)16-20)24(19-14-12-17(2)13-15-19)23-11-6-5-8-18(23)3/h5-16H,4H2,1-3H3/b24-22+. The third kappa shape index (κ3) is 3.86. The van der Waals surface area contributed by atoms with E-state index in [-0.39, 0.29) is 0 Å². The van der Waals surface area contributed by atoms with Gasteiger partial charge in [-0.3, -0.25) is 0 Å². The molecule has 0 radical (unpaired) electrons. The highest BCUT2D eigenvalue weighted by atomic mass is 35.5. The molecule has 0 bridgehead atoms. The monoisotopic (exact) mass is 346 g/mol. The van der Waals surface area contributed by atoms with Crippen LogP contribution in [0.2, 0.25) is 5.02 Å². The summed E-state index contributed by atoms with van der Waals surface area (Å²) in [5.41, 5.74) is 8.89. The number of benzene rings is 3. The zero-order valence-corrected chi connectivity index (χ0v) is 15.8. The SMILES string of the molecule is CC/C(=C(/c1ccc(C)cc1)c1ccccc1C)c1cccc(Cl)c1. The van der Waals surface area contributed by atoms with Crippen molar-refractivity contribution in [3.63, 3.8) is 0 Å². The van der Waals surface area contributed by atoms with Crippen molar-refractivity contribution in [1.82, 2.24) is 0 Å². The van der Waals surface area contributed by atoms with Crippen LogP contribution in [0.1, 0.15) is 41.2 Å². The maximum atomic E-state index is 6.27. The third-order valence-electron chi connectivity index (χ3n) is 4.58. The predicted molar refractivity (Wildman–Crippen MR) is 110 cm³/mol. The van der Waals surface area contributed by atoms with Gasteiger partial charge in [0, 0.05) is 5.02 Å². The summed E-state index contributed by atoms with van der Waals surface area (Å²) in [7, 11) is 0. The largest absolute Gasteiger partial charge is 0.0843 e. The lowest BCUT2D eigenvalue weighted by molar-refractivity contribution is 1.23. The molecule has 3 rings (SSSR count). The van der Waals surface area contributed by atoms with Crippen LogP contribution in [0.4, 0.5) is 0 Å². The summed E-state index contributed by atoms with van der Waals surface area (Å²) in [5.74, 6) is 0. The number of hydrogen-bond donors (Lipinski definition) is 0. The molecule has 0 aliphatic carbocycles. The van der Waals surface area contributed by atoms with Crippen molar-refractivity contribution in [2.24, 2.45) is 0 Å². The molecule has 0 heterocycles. The van der Waals surface area contributed by atoms with E-state index >= 15 is 0 Å². The summed E-state index contributed by atoms with van der Waals surface area (Å²) in [6.07, 6.45) is 0.942. The first-order valence-corrected chi connectivity index (χ1v) is 9.10. The molecule has 0 aliphatic heterocycles. The molecule has 0 N–H and O–H groups in total. The van der Waals surface area contributed by atoms with Crippen molar-refractivity contribution in [3.8, 4) is 0 Å². The second kappa shape index (κ2) is 7.72. The first kappa shape index (κ1) is 17.5. The van der Waals surface area contributed by atoms with E-state index in [4.69, 9.17) is 11.6 Å². The van der Waals surface area contributed by atoms with Crippen LogP contribution in [0.3, 0.4) is 0 Å². The van der Waals surface area contributed by atoms with Gasteiger partial charge in [-0.25, -0.2) is 0 Å². The van der Waals surface area contributed by atoms with Crippen molar-refractivity contribution in [3.05, 3.63) is 106 Å². The average Bonchev–Trinajstić information content (AvgIpc) is 2.61. The van der Waals surface area contributed by atoms with Gasteiger partial charge < -0.3 is 0 Å². The Morgan fingerprint density at radius 3 is 2.16 bits per heavy atom. The summed E-state index contributed by atoms with van der Waals surface area (Å²) in [5, 5.41) is 0.775. The molecule has 0 unspecified atom stereocenters. The Morgan fingerprint density at radius 2 is 1.52 bits per heavy atom. The topological polar surface area (TPSA) is 0 Å². The van der Waals surface area contributed by atoms with Crippen molar-refractivity contribution in [1.29, 1.82) is 0 Å². The van der Waals surface area contributed by atoms with E-state index in [0.717, 1.165) is 11.4 Å². The molecular formula is C24H23Cl. The fraction of sp³-hybridized carbons (Fsp3) is 0.167. The molecule has 0 atom stereocenters. The molecule has 3 aromatic rings. The van der Waals surface area contributed by atoms with Crippen LogP contribution in [0.5, 0.6) is 0 Å². The molecule has 3 aromatic carbocycles. The van der Waals surface area contributed by atoms with Gasteiger partial charge in [-0.2, -0.15) is 0 Å². The van der Waals surface area contributed by atoms with Crippen molar-refractivity contribution in [2.45, 2.75) is 27.2 Å². The molecule has 0 aliphatic rings. The van der Waals surface area contributed by atoms with E-state index in [1.165, 1.54) is 39.0 Å². The second-order valence-electron chi connectivity index (χ2n) is 6.40. The molecule has 0 saturated heterocycles. The molecule has 1 heteroatoms. The number of rotatable bonds is 4. The van der Waals surface area contributed by atoms with Crippen LogP contribution < -0.4 is 0 Å². The lowest BCUT2D eigenvalue weighted by atomic mass is 9.86. The highest BCUT2D eigenvalue weighted by Gasteiger charge is 2.14. The van der Waals surface area contributed by atoms with E-state index < -0.39 is 0 Å². The predicted octanol–water partition coefficient (Wildman–Crippen LogP) is 7.33. The molecule has 0 amide bonds. The van der Waals surface area contributed by atoms with Gasteiger partial charge in [0.05, 0.1) is 0 Å². The van der Waals surface area contributed by atoms with Gasteiger partial charge in [0.1, 0.15) is 0 Å². The van der Waals surface area contributed by atoms with Gasteiger partial charge in [0.25, 0.3) is 0 Å². The van der Waals surface area contributed by atoms with Gasteiger partial charge in [-0.15, -0.1) is 0 Å². The minimum absolute atomic E-state index is 0.775. The summed E-state index contributed by atoms with van der Waals surface area (Å²) < 4.78 is 0. The number of aryl methyl sites for hydroxylation is 2. The Bertz CT molecular complexity index is 901. The van der Waals surface area contributed by atoms with E-state index in [1.807, 2.05) is 12.1 Å². The van der Waals surface area contributed by atoms with Gasteiger partial charge in [0.15, 0.2) is 0 Å². The van der Waals surface area contributed by atoms with Crippen LogP contribution in [-0.2, 0) is 0 Å². The number of halogens is 1.